The number of aryl methyl sites for hydroxylation is 1. The van der Waals surface area contributed by atoms with Crippen molar-refractivity contribution in [3.8, 4) is 11.3 Å². The van der Waals surface area contributed by atoms with Crippen molar-refractivity contribution in [3.05, 3.63) is 81.2 Å². The van der Waals surface area contributed by atoms with Crippen molar-refractivity contribution in [2.24, 2.45) is 5.73 Å². The van der Waals surface area contributed by atoms with Gasteiger partial charge in [-0.2, -0.15) is 0 Å². The number of carbonyl (C=O) groups excluding carboxylic acids is 2. The van der Waals surface area contributed by atoms with Gasteiger partial charge in [0.1, 0.15) is 5.00 Å². The van der Waals surface area contributed by atoms with Crippen LogP contribution >= 0.6 is 22.9 Å². The van der Waals surface area contributed by atoms with E-state index in [1.807, 2.05) is 56.3 Å². The lowest BCUT2D eigenvalue weighted by atomic mass is 10.0. The number of rotatable bonds is 4. The normalized spacial score (nSPS) is 10.9. The molecule has 2 amide bonds. The number of benzene rings is 2. The largest absolute Gasteiger partial charge is 0.365 e. The molecule has 2 heterocycles. The zero-order chi connectivity index (χ0) is 21.4. The van der Waals surface area contributed by atoms with Crippen LogP contribution in [0.1, 0.15) is 31.2 Å². The van der Waals surface area contributed by atoms with Crippen LogP contribution in [0.15, 0.2) is 54.6 Å². The van der Waals surface area contributed by atoms with E-state index in [1.165, 1.54) is 11.3 Å². The molecule has 0 bridgehead atoms. The molecular weight excluding hydrogens is 418 g/mol. The maximum absolute atomic E-state index is 13.3. The average molecular weight is 436 g/mol. The van der Waals surface area contributed by atoms with Crippen molar-refractivity contribution >= 4 is 50.7 Å². The molecule has 0 aliphatic rings. The number of amides is 2. The fourth-order valence-electron chi connectivity index (χ4n) is 3.35. The second-order valence-corrected chi connectivity index (χ2v) is 8.49. The zero-order valence-electron chi connectivity index (χ0n) is 16.3. The zero-order valence-corrected chi connectivity index (χ0v) is 17.9. The standard InChI is InChI=1S/C23H18ClN3O2S/c1-12-13(2)30-23(20(12)21(25)28)27-22(29)16-11-19(15-8-3-5-9-17(15)24)26-18-10-6-4-7-14(16)18/h3-11H,1-2H3,(H2,25,28)(H,27,29). The topological polar surface area (TPSA) is 85.1 Å². The summed E-state index contributed by atoms with van der Waals surface area (Å²) in [6.45, 7) is 3.71. The van der Waals surface area contributed by atoms with Crippen molar-refractivity contribution in [3.63, 3.8) is 0 Å². The first-order chi connectivity index (χ1) is 14.4. The lowest BCUT2D eigenvalue weighted by Crippen LogP contribution is -2.18. The Hall–Kier alpha value is -3.22. The van der Waals surface area contributed by atoms with E-state index in [-0.39, 0.29) is 5.91 Å². The highest BCUT2D eigenvalue weighted by atomic mass is 35.5. The first-order valence-corrected chi connectivity index (χ1v) is 10.4. The Labute approximate surface area is 182 Å². The lowest BCUT2D eigenvalue weighted by Gasteiger charge is -2.11. The molecule has 0 unspecified atom stereocenters. The van der Waals surface area contributed by atoms with Gasteiger partial charge in [-0.3, -0.25) is 9.59 Å². The van der Waals surface area contributed by atoms with E-state index < -0.39 is 5.91 Å². The second-order valence-electron chi connectivity index (χ2n) is 6.86. The molecule has 0 fully saturated rings. The molecule has 3 N–H and O–H groups in total. The number of halogens is 1. The summed E-state index contributed by atoms with van der Waals surface area (Å²) >= 11 is 7.69. The number of nitrogens with zero attached hydrogens (tertiary/aromatic N) is 1. The van der Waals surface area contributed by atoms with Crippen molar-refractivity contribution in [2.45, 2.75) is 13.8 Å². The van der Waals surface area contributed by atoms with Crippen LogP contribution in [0.5, 0.6) is 0 Å². The quantitative estimate of drug-likeness (QED) is 0.438. The number of pyridine rings is 1. The Bertz CT molecular complexity index is 1310. The van der Waals surface area contributed by atoms with Crippen molar-refractivity contribution < 1.29 is 9.59 Å². The minimum absolute atomic E-state index is 0.342. The Kier molecular flexibility index (Phi) is 5.28. The minimum Gasteiger partial charge on any atom is -0.365 e. The van der Waals surface area contributed by atoms with Gasteiger partial charge < -0.3 is 11.1 Å². The van der Waals surface area contributed by atoms with Crippen LogP contribution in [-0.4, -0.2) is 16.8 Å². The van der Waals surface area contributed by atoms with Gasteiger partial charge in [0.15, 0.2) is 0 Å². The fourth-order valence-corrected chi connectivity index (χ4v) is 4.65. The highest BCUT2D eigenvalue weighted by Crippen LogP contribution is 2.34. The summed E-state index contributed by atoms with van der Waals surface area (Å²) < 4.78 is 0. The van der Waals surface area contributed by atoms with Gasteiger partial charge in [0.05, 0.1) is 22.3 Å². The van der Waals surface area contributed by atoms with E-state index in [2.05, 4.69) is 10.3 Å². The SMILES string of the molecule is Cc1sc(NC(=O)c2cc(-c3ccccc3Cl)nc3ccccc23)c(C(N)=O)c1C. The second kappa shape index (κ2) is 7.89. The van der Waals surface area contributed by atoms with Gasteiger partial charge in [0, 0.05) is 20.8 Å². The van der Waals surface area contributed by atoms with Crippen molar-refractivity contribution in [1.29, 1.82) is 0 Å². The van der Waals surface area contributed by atoms with Crippen LogP contribution in [0.4, 0.5) is 5.00 Å². The lowest BCUT2D eigenvalue weighted by molar-refractivity contribution is 0.100. The van der Waals surface area contributed by atoms with E-state index in [0.717, 1.165) is 16.0 Å². The van der Waals surface area contributed by atoms with Gasteiger partial charge in [0.2, 0.25) is 0 Å². The first kappa shape index (κ1) is 20.1. The van der Waals surface area contributed by atoms with Gasteiger partial charge in [0.25, 0.3) is 11.8 Å². The fraction of sp³-hybridized carbons (Fsp3) is 0.0870. The van der Waals surface area contributed by atoms with Gasteiger partial charge in [-0.05, 0) is 37.6 Å². The molecule has 0 radical (unpaired) electrons. The van der Waals surface area contributed by atoms with E-state index in [1.54, 1.807) is 12.1 Å². The average Bonchev–Trinajstić information content (AvgIpc) is 3.00. The number of hydrogen-bond acceptors (Lipinski definition) is 4. The Morgan fingerprint density at radius 1 is 1.07 bits per heavy atom. The molecule has 5 nitrogen and oxygen atoms in total. The predicted molar refractivity (Wildman–Crippen MR) is 122 cm³/mol. The van der Waals surface area contributed by atoms with Gasteiger partial charge in [-0.1, -0.05) is 48.0 Å². The molecule has 0 spiro atoms. The molecule has 0 atom stereocenters. The van der Waals surface area contributed by atoms with Crippen LogP contribution in [-0.2, 0) is 0 Å². The van der Waals surface area contributed by atoms with E-state index in [4.69, 9.17) is 17.3 Å². The monoisotopic (exact) mass is 435 g/mol. The van der Waals surface area contributed by atoms with Gasteiger partial charge in [-0.25, -0.2) is 4.98 Å². The van der Waals surface area contributed by atoms with Crippen LogP contribution in [0.25, 0.3) is 22.2 Å². The number of carbonyl (C=O) groups is 2. The highest BCUT2D eigenvalue weighted by molar-refractivity contribution is 7.16. The number of thiophene rings is 1. The first-order valence-electron chi connectivity index (χ1n) is 9.22. The molecule has 2 aromatic carbocycles. The Morgan fingerprint density at radius 2 is 1.77 bits per heavy atom. The van der Waals surface area contributed by atoms with Crippen LogP contribution in [0.2, 0.25) is 5.02 Å². The highest BCUT2D eigenvalue weighted by Gasteiger charge is 2.21. The van der Waals surface area contributed by atoms with Crippen LogP contribution in [0.3, 0.4) is 0 Å². The van der Waals surface area contributed by atoms with Crippen LogP contribution in [0, 0.1) is 13.8 Å². The summed E-state index contributed by atoms with van der Waals surface area (Å²) in [5.74, 6) is -0.908. The summed E-state index contributed by atoms with van der Waals surface area (Å²) in [6.07, 6.45) is 0. The molecule has 2 aromatic heterocycles. The molecule has 0 saturated heterocycles. The summed E-state index contributed by atoms with van der Waals surface area (Å²) in [6, 6.07) is 16.5. The predicted octanol–water partition coefficient (Wildman–Crippen LogP) is 5.58. The third kappa shape index (κ3) is 3.56. The molecule has 0 saturated carbocycles. The van der Waals surface area contributed by atoms with Crippen molar-refractivity contribution in [2.75, 3.05) is 5.32 Å². The summed E-state index contributed by atoms with van der Waals surface area (Å²) in [5, 5.41) is 4.57. The van der Waals surface area contributed by atoms with E-state index >= 15 is 0 Å². The van der Waals surface area contributed by atoms with E-state index in [9.17, 15) is 9.59 Å². The number of anilines is 1. The van der Waals surface area contributed by atoms with Crippen molar-refractivity contribution in [1.82, 2.24) is 4.98 Å². The maximum Gasteiger partial charge on any atom is 0.257 e. The van der Waals surface area contributed by atoms with Gasteiger partial charge >= 0.3 is 0 Å². The number of para-hydroxylation sites is 1. The smallest absolute Gasteiger partial charge is 0.257 e. The molecule has 150 valence electrons. The Balaban J connectivity index is 1.84. The third-order valence-electron chi connectivity index (χ3n) is 4.97. The van der Waals surface area contributed by atoms with Gasteiger partial charge in [-0.15, -0.1) is 11.3 Å². The maximum atomic E-state index is 13.3. The van der Waals surface area contributed by atoms with Crippen LogP contribution < -0.4 is 11.1 Å². The molecule has 0 aliphatic heterocycles. The number of aromatic nitrogens is 1. The molecule has 4 aromatic rings. The number of primary amides is 1. The number of fused-ring (bicyclic) bond motifs is 1. The minimum atomic E-state index is -0.566. The third-order valence-corrected chi connectivity index (χ3v) is 6.42. The number of nitrogens with two attached hydrogens (primary N) is 1. The summed E-state index contributed by atoms with van der Waals surface area (Å²) in [5.41, 5.74) is 9.11. The molecule has 7 heteroatoms. The Morgan fingerprint density at radius 3 is 2.50 bits per heavy atom. The molecular formula is C23H18ClN3O2S. The number of hydrogen-bond donors (Lipinski definition) is 2. The van der Waals surface area contributed by atoms with E-state index in [0.29, 0.717) is 37.7 Å². The number of nitrogens with one attached hydrogen (secondary N) is 1. The summed E-state index contributed by atoms with van der Waals surface area (Å²) in [7, 11) is 0. The summed E-state index contributed by atoms with van der Waals surface area (Å²) in [4.78, 5) is 30.8. The molecule has 4 rings (SSSR count). The molecule has 30 heavy (non-hydrogen) atoms. The molecule has 0 aliphatic carbocycles.